The van der Waals surface area contributed by atoms with E-state index in [-0.39, 0.29) is 12.8 Å². The summed E-state index contributed by atoms with van der Waals surface area (Å²) in [5.41, 5.74) is 6.99. The summed E-state index contributed by atoms with van der Waals surface area (Å²) in [5, 5.41) is 18.0. The Balaban J connectivity index is 1.46. The first kappa shape index (κ1) is 25.6. The lowest BCUT2D eigenvalue weighted by atomic mass is 10.0. The molecule has 198 valence electrons. The van der Waals surface area contributed by atoms with Crippen molar-refractivity contribution < 1.29 is 17.7 Å². The molecule has 1 N–H and O–H groups in total. The third kappa shape index (κ3) is 5.32. The second-order valence-corrected chi connectivity index (χ2v) is 9.46. The number of rotatable bonds is 11. The van der Waals surface area contributed by atoms with E-state index in [1.54, 1.807) is 0 Å². The van der Waals surface area contributed by atoms with Gasteiger partial charge in [-0.15, -0.1) is 5.10 Å². The average Bonchev–Trinajstić information content (AvgIpc) is 3.65. The Morgan fingerprint density at radius 1 is 1.00 bits per heavy atom. The van der Waals surface area contributed by atoms with Gasteiger partial charge in [-0.05, 0) is 55.2 Å². The lowest BCUT2D eigenvalue weighted by Crippen LogP contribution is -2.16. The monoisotopic (exact) mass is 523 g/mol. The van der Waals surface area contributed by atoms with Crippen molar-refractivity contribution in [3.63, 3.8) is 0 Å². The van der Waals surface area contributed by atoms with Crippen LogP contribution >= 0.6 is 0 Å². The first-order valence-electron chi connectivity index (χ1n) is 12.6. The number of hydrogen-bond donors (Lipinski definition) is 1. The molecule has 5 aromatic rings. The molecule has 0 bridgehead atoms. The van der Waals surface area contributed by atoms with E-state index in [0.29, 0.717) is 31.0 Å². The van der Waals surface area contributed by atoms with Crippen molar-refractivity contribution >= 4 is 11.0 Å². The summed E-state index contributed by atoms with van der Waals surface area (Å²) < 4.78 is 47.8. The predicted octanol–water partition coefficient (Wildman–Crippen LogP) is 6.71. The van der Waals surface area contributed by atoms with Gasteiger partial charge in [0.2, 0.25) is 5.92 Å². The number of H-pyrrole nitrogens is 1. The maximum Gasteiger partial charge on any atom is 0.248 e. The Kier molecular flexibility index (Phi) is 7.26. The number of nitrogens with one attached hydrogen (secondary N) is 1. The second kappa shape index (κ2) is 10.8. The zero-order valence-corrected chi connectivity index (χ0v) is 21.2. The molecule has 0 aliphatic rings. The summed E-state index contributed by atoms with van der Waals surface area (Å²) >= 11 is 0. The molecule has 5 rings (SSSR count). The van der Waals surface area contributed by atoms with E-state index in [0.717, 1.165) is 44.5 Å². The average molecular weight is 524 g/mol. The molecule has 4 aromatic heterocycles. The van der Waals surface area contributed by atoms with Crippen LogP contribution in [0.4, 0.5) is 13.2 Å². The summed E-state index contributed by atoms with van der Waals surface area (Å²) in [6.45, 7) is 3.57. The van der Waals surface area contributed by atoms with E-state index in [1.807, 2.05) is 56.6 Å². The minimum Gasteiger partial charge on any atom is -0.361 e. The van der Waals surface area contributed by atoms with Gasteiger partial charge in [-0.25, -0.2) is 13.9 Å². The van der Waals surface area contributed by atoms with Crippen LogP contribution in [-0.2, 0) is 6.54 Å². The van der Waals surface area contributed by atoms with Crippen molar-refractivity contribution in [2.75, 3.05) is 6.67 Å². The number of aromatic nitrogens is 7. The van der Waals surface area contributed by atoms with Crippen LogP contribution in [0.15, 0.2) is 47.2 Å². The number of pyridine rings is 1. The molecule has 0 saturated heterocycles. The number of halogens is 3. The van der Waals surface area contributed by atoms with E-state index in [4.69, 9.17) is 9.51 Å². The molecule has 0 unspecified atom stereocenters. The van der Waals surface area contributed by atoms with Gasteiger partial charge in [-0.3, -0.25) is 9.37 Å². The molecule has 4 heterocycles. The Morgan fingerprint density at radius 3 is 2.45 bits per heavy atom. The van der Waals surface area contributed by atoms with Crippen LogP contribution in [0.2, 0.25) is 0 Å². The molecule has 38 heavy (non-hydrogen) atoms. The number of unbranched alkanes of at least 4 members (excludes halogenated alkanes) is 1. The Labute approximate surface area is 217 Å². The Hall–Kier alpha value is -4.02. The minimum atomic E-state index is -2.84. The molecule has 0 aliphatic heterocycles. The fourth-order valence-corrected chi connectivity index (χ4v) is 4.80. The van der Waals surface area contributed by atoms with E-state index >= 15 is 0 Å². The van der Waals surface area contributed by atoms with Crippen molar-refractivity contribution in [2.24, 2.45) is 0 Å². The van der Waals surface area contributed by atoms with Crippen LogP contribution in [0.5, 0.6) is 0 Å². The number of alkyl halides is 3. The smallest absolute Gasteiger partial charge is 0.248 e. The molecule has 0 fully saturated rings. The van der Waals surface area contributed by atoms with Crippen molar-refractivity contribution in [2.45, 2.75) is 58.4 Å². The molecule has 11 heteroatoms. The van der Waals surface area contributed by atoms with Crippen LogP contribution in [0.1, 0.15) is 43.6 Å². The maximum absolute atomic E-state index is 14.0. The standard InChI is InChI=1S/C27H28F3N7O/c1-17-24(18(2)38-34-17)21-14-23-25(31-15-21)22(19-6-8-20(9-7-19)26-32-35-36-33-26)16-37(23)13-4-3-10-27(29,30)11-5-12-28/h6-9,14-16H,3-5,10-13H2,1-2H3,(H,32,33,35,36). The SMILES string of the molecule is Cc1noc(C)c1-c1cnc2c(-c3ccc(-c4nnn[nH]4)cc3)cn(CCCCC(F)(F)CCCF)c2c1. The first-order chi connectivity index (χ1) is 18.4. The summed E-state index contributed by atoms with van der Waals surface area (Å²) in [7, 11) is 0. The zero-order chi connectivity index (χ0) is 26.7. The molecular weight excluding hydrogens is 495 g/mol. The van der Waals surface area contributed by atoms with Crippen LogP contribution < -0.4 is 0 Å². The lowest BCUT2D eigenvalue weighted by Gasteiger charge is -2.15. The maximum atomic E-state index is 14.0. The molecular formula is C27H28F3N7O. The number of aromatic amines is 1. The lowest BCUT2D eigenvalue weighted by molar-refractivity contribution is -0.0215. The molecule has 8 nitrogen and oxygen atoms in total. The third-order valence-corrected chi connectivity index (χ3v) is 6.72. The fourth-order valence-electron chi connectivity index (χ4n) is 4.80. The van der Waals surface area contributed by atoms with Crippen molar-refractivity contribution in [1.82, 2.24) is 35.3 Å². The number of tetrazole rings is 1. The van der Waals surface area contributed by atoms with E-state index < -0.39 is 19.0 Å². The van der Waals surface area contributed by atoms with Gasteiger partial charge in [0.25, 0.3) is 0 Å². The van der Waals surface area contributed by atoms with Gasteiger partial charge in [-0.2, -0.15) is 0 Å². The number of hydrogen-bond acceptors (Lipinski definition) is 6. The zero-order valence-electron chi connectivity index (χ0n) is 21.2. The number of fused-ring (bicyclic) bond motifs is 1. The van der Waals surface area contributed by atoms with Gasteiger partial charge >= 0.3 is 0 Å². The summed E-state index contributed by atoms with van der Waals surface area (Å²) in [4.78, 5) is 4.81. The highest BCUT2D eigenvalue weighted by Crippen LogP contribution is 2.35. The molecule has 1 aromatic carbocycles. The second-order valence-electron chi connectivity index (χ2n) is 9.46. The summed E-state index contributed by atoms with van der Waals surface area (Å²) in [5.74, 6) is -1.56. The number of benzene rings is 1. The van der Waals surface area contributed by atoms with Crippen LogP contribution in [0, 0.1) is 13.8 Å². The van der Waals surface area contributed by atoms with Crippen molar-refractivity contribution in [3.8, 4) is 33.6 Å². The normalized spacial score (nSPS) is 12.0. The highest BCUT2D eigenvalue weighted by molar-refractivity contribution is 5.95. The molecule has 0 atom stereocenters. The number of nitrogens with zero attached hydrogens (tertiary/aromatic N) is 6. The fraction of sp³-hybridized carbons (Fsp3) is 0.370. The van der Waals surface area contributed by atoms with Crippen LogP contribution in [0.3, 0.4) is 0 Å². The highest BCUT2D eigenvalue weighted by Gasteiger charge is 2.27. The quantitative estimate of drug-likeness (QED) is 0.193. The van der Waals surface area contributed by atoms with Crippen molar-refractivity contribution in [1.29, 1.82) is 0 Å². The summed E-state index contributed by atoms with van der Waals surface area (Å²) in [6.07, 6.45) is 3.95. The Morgan fingerprint density at radius 2 is 1.76 bits per heavy atom. The number of aryl methyl sites for hydroxylation is 3. The molecule has 0 saturated carbocycles. The van der Waals surface area contributed by atoms with Crippen LogP contribution in [0.25, 0.3) is 44.7 Å². The molecule has 0 radical (unpaired) electrons. The largest absolute Gasteiger partial charge is 0.361 e. The molecule has 0 aliphatic carbocycles. The summed E-state index contributed by atoms with van der Waals surface area (Å²) in [6, 6.07) is 9.86. The first-order valence-corrected chi connectivity index (χ1v) is 12.6. The van der Waals surface area contributed by atoms with Gasteiger partial charge in [0.1, 0.15) is 5.76 Å². The third-order valence-electron chi connectivity index (χ3n) is 6.72. The van der Waals surface area contributed by atoms with Gasteiger partial charge in [0.05, 0.1) is 23.4 Å². The molecule has 0 amide bonds. The van der Waals surface area contributed by atoms with E-state index in [1.165, 1.54) is 0 Å². The van der Waals surface area contributed by atoms with Gasteiger partial charge < -0.3 is 9.09 Å². The Bertz CT molecular complexity index is 1490. The molecule has 0 spiro atoms. The topological polar surface area (TPSA) is 98.3 Å². The van der Waals surface area contributed by atoms with Gasteiger partial charge in [0.15, 0.2) is 5.82 Å². The van der Waals surface area contributed by atoms with E-state index in [9.17, 15) is 13.2 Å². The van der Waals surface area contributed by atoms with Gasteiger partial charge in [-0.1, -0.05) is 29.4 Å². The van der Waals surface area contributed by atoms with Gasteiger partial charge in [0, 0.05) is 54.0 Å². The predicted molar refractivity (Wildman–Crippen MR) is 137 cm³/mol. The highest BCUT2D eigenvalue weighted by atomic mass is 19.3. The minimum absolute atomic E-state index is 0.111. The van der Waals surface area contributed by atoms with Crippen LogP contribution in [-0.4, -0.2) is 47.9 Å². The van der Waals surface area contributed by atoms with Crippen molar-refractivity contribution in [3.05, 3.63) is 54.2 Å². The van der Waals surface area contributed by atoms with E-state index in [2.05, 4.69) is 30.3 Å².